The Hall–Kier alpha value is -1.26. The molecule has 0 aliphatic rings. The van der Waals surface area contributed by atoms with E-state index >= 15 is 0 Å². The number of hydrogen-bond acceptors (Lipinski definition) is 1. The maximum absolute atomic E-state index is 14.0. The van der Waals surface area contributed by atoms with Crippen molar-refractivity contribution in [2.45, 2.75) is 19.9 Å². The van der Waals surface area contributed by atoms with Crippen LogP contribution in [0, 0.1) is 18.6 Å². The molecule has 2 rings (SSSR count). The largest absolute Gasteiger partial charge is 0.306 e. The Kier molecular flexibility index (Phi) is 4.89. The quantitative estimate of drug-likeness (QED) is 0.848. The maximum atomic E-state index is 14.0. The van der Waals surface area contributed by atoms with E-state index in [1.165, 1.54) is 18.2 Å². The molecule has 1 nitrogen and oxygen atoms in total. The van der Waals surface area contributed by atoms with E-state index in [0.717, 1.165) is 15.6 Å². The van der Waals surface area contributed by atoms with Gasteiger partial charge in [-0.15, -0.1) is 0 Å². The zero-order valence-corrected chi connectivity index (χ0v) is 13.0. The zero-order chi connectivity index (χ0) is 14.7. The van der Waals surface area contributed by atoms with E-state index in [0.29, 0.717) is 6.54 Å². The molecule has 2 aromatic carbocycles. The van der Waals surface area contributed by atoms with E-state index in [9.17, 15) is 8.78 Å². The van der Waals surface area contributed by atoms with Crippen molar-refractivity contribution in [1.82, 2.24) is 5.32 Å². The summed E-state index contributed by atoms with van der Waals surface area (Å²) in [4.78, 5) is 0. The fraction of sp³-hybridized carbons (Fsp3) is 0.250. The average Bonchev–Trinajstić information content (AvgIpc) is 2.40. The molecular formula is C16H16BrF2N. The third-order valence-corrected chi connectivity index (χ3v) is 3.88. The van der Waals surface area contributed by atoms with Gasteiger partial charge in [-0.1, -0.05) is 46.6 Å². The molecule has 0 fully saturated rings. The molecule has 0 amide bonds. The van der Waals surface area contributed by atoms with E-state index in [4.69, 9.17) is 0 Å². The molecule has 0 aliphatic carbocycles. The van der Waals surface area contributed by atoms with Gasteiger partial charge in [0.1, 0.15) is 11.6 Å². The van der Waals surface area contributed by atoms with Crippen LogP contribution in [-0.2, 0) is 0 Å². The molecule has 0 spiro atoms. The van der Waals surface area contributed by atoms with Gasteiger partial charge in [0.25, 0.3) is 0 Å². The molecule has 0 aromatic heterocycles. The Morgan fingerprint density at radius 1 is 1.15 bits per heavy atom. The molecule has 2 aromatic rings. The van der Waals surface area contributed by atoms with Gasteiger partial charge in [-0.05, 0) is 37.2 Å². The summed E-state index contributed by atoms with van der Waals surface area (Å²) in [6.07, 6.45) is 0. The van der Waals surface area contributed by atoms with Gasteiger partial charge in [-0.3, -0.25) is 0 Å². The number of aryl methyl sites for hydroxylation is 1. The lowest BCUT2D eigenvalue weighted by Crippen LogP contribution is -2.24. The van der Waals surface area contributed by atoms with Crippen LogP contribution in [-0.4, -0.2) is 6.54 Å². The van der Waals surface area contributed by atoms with E-state index < -0.39 is 17.7 Å². The topological polar surface area (TPSA) is 12.0 Å². The second kappa shape index (κ2) is 6.46. The average molecular weight is 340 g/mol. The highest BCUT2D eigenvalue weighted by molar-refractivity contribution is 9.10. The Morgan fingerprint density at radius 2 is 1.80 bits per heavy atom. The van der Waals surface area contributed by atoms with Crippen LogP contribution in [0.25, 0.3) is 0 Å². The summed E-state index contributed by atoms with van der Waals surface area (Å²) in [5, 5.41) is 3.15. The highest BCUT2D eigenvalue weighted by atomic mass is 79.9. The lowest BCUT2D eigenvalue weighted by molar-refractivity contribution is 0.509. The van der Waals surface area contributed by atoms with Gasteiger partial charge in [0.05, 0.1) is 6.04 Å². The minimum absolute atomic E-state index is 0.0562. The fourth-order valence-electron chi connectivity index (χ4n) is 2.24. The highest BCUT2D eigenvalue weighted by Gasteiger charge is 2.22. The minimum Gasteiger partial charge on any atom is -0.306 e. The molecule has 0 saturated heterocycles. The van der Waals surface area contributed by atoms with Crippen molar-refractivity contribution in [3.63, 3.8) is 0 Å². The minimum atomic E-state index is -0.538. The van der Waals surface area contributed by atoms with E-state index in [1.807, 2.05) is 32.0 Å². The smallest absolute Gasteiger partial charge is 0.131 e. The summed E-state index contributed by atoms with van der Waals surface area (Å²) in [6.45, 7) is 4.48. The van der Waals surface area contributed by atoms with Crippen molar-refractivity contribution in [3.8, 4) is 0 Å². The van der Waals surface area contributed by atoms with Crippen LogP contribution >= 0.6 is 15.9 Å². The van der Waals surface area contributed by atoms with Gasteiger partial charge >= 0.3 is 0 Å². The standard InChI is InChI=1S/C16H16BrF2N/c1-3-20-16(11-9-10(2)7-8-12(11)17)15-13(18)5-4-6-14(15)19/h4-9,16,20H,3H2,1-2H3. The van der Waals surface area contributed by atoms with Crippen molar-refractivity contribution in [2.75, 3.05) is 6.54 Å². The third kappa shape index (κ3) is 3.07. The number of rotatable bonds is 4. The van der Waals surface area contributed by atoms with Crippen LogP contribution < -0.4 is 5.32 Å². The third-order valence-electron chi connectivity index (χ3n) is 3.16. The molecule has 1 N–H and O–H groups in total. The van der Waals surface area contributed by atoms with Crippen molar-refractivity contribution < 1.29 is 8.78 Å². The zero-order valence-electron chi connectivity index (χ0n) is 11.4. The van der Waals surface area contributed by atoms with Gasteiger partial charge in [0.2, 0.25) is 0 Å². The molecule has 0 bridgehead atoms. The van der Waals surface area contributed by atoms with Crippen LogP contribution in [0.5, 0.6) is 0 Å². The molecule has 0 heterocycles. The molecule has 0 aliphatic heterocycles. The van der Waals surface area contributed by atoms with Gasteiger partial charge in [-0.2, -0.15) is 0 Å². The SMILES string of the molecule is CCNC(c1cc(C)ccc1Br)c1c(F)cccc1F. The monoisotopic (exact) mass is 339 g/mol. The van der Waals surface area contributed by atoms with Gasteiger partial charge in [0, 0.05) is 10.0 Å². The summed E-state index contributed by atoms with van der Waals surface area (Å²) in [5.74, 6) is -1.08. The molecule has 0 radical (unpaired) electrons. The molecule has 4 heteroatoms. The maximum Gasteiger partial charge on any atom is 0.131 e. The van der Waals surface area contributed by atoms with Crippen LogP contribution in [0.1, 0.15) is 29.7 Å². The number of nitrogens with one attached hydrogen (secondary N) is 1. The van der Waals surface area contributed by atoms with Gasteiger partial charge < -0.3 is 5.32 Å². The lowest BCUT2D eigenvalue weighted by atomic mass is 9.96. The fourth-order valence-corrected chi connectivity index (χ4v) is 2.72. The summed E-state index contributed by atoms with van der Waals surface area (Å²) < 4.78 is 28.9. The summed E-state index contributed by atoms with van der Waals surface area (Å²) in [7, 11) is 0. The highest BCUT2D eigenvalue weighted by Crippen LogP contribution is 2.32. The van der Waals surface area contributed by atoms with Crippen molar-refractivity contribution >= 4 is 15.9 Å². The van der Waals surface area contributed by atoms with E-state index in [2.05, 4.69) is 21.2 Å². The van der Waals surface area contributed by atoms with Crippen molar-refractivity contribution in [1.29, 1.82) is 0 Å². The first-order valence-corrected chi connectivity index (χ1v) is 7.27. The first kappa shape index (κ1) is 15.1. The summed E-state index contributed by atoms with van der Waals surface area (Å²) in [5.41, 5.74) is 1.93. The summed E-state index contributed by atoms with van der Waals surface area (Å²) in [6, 6.07) is 9.21. The number of benzene rings is 2. The van der Waals surface area contributed by atoms with Crippen molar-refractivity contribution in [2.24, 2.45) is 0 Å². The second-order valence-electron chi connectivity index (χ2n) is 4.65. The first-order valence-electron chi connectivity index (χ1n) is 6.48. The lowest BCUT2D eigenvalue weighted by Gasteiger charge is -2.22. The normalized spacial score (nSPS) is 12.4. The predicted octanol–water partition coefficient (Wildman–Crippen LogP) is 4.73. The molecule has 1 atom stereocenters. The second-order valence-corrected chi connectivity index (χ2v) is 5.51. The Bertz CT molecular complexity index is 593. The molecule has 0 saturated carbocycles. The van der Waals surface area contributed by atoms with Crippen LogP contribution in [0.4, 0.5) is 8.78 Å². The molecule has 1 unspecified atom stereocenters. The number of hydrogen-bond donors (Lipinski definition) is 1. The molecule has 20 heavy (non-hydrogen) atoms. The van der Waals surface area contributed by atoms with Crippen LogP contribution in [0.15, 0.2) is 40.9 Å². The van der Waals surface area contributed by atoms with E-state index in [-0.39, 0.29) is 5.56 Å². The Morgan fingerprint density at radius 3 is 2.40 bits per heavy atom. The summed E-state index contributed by atoms with van der Waals surface area (Å²) >= 11 is 3.46. The molecular weight excluding hydrogens is 324 g/mol. The van der Waals surface area contributed by atoms with Crippen LogP contribution in [0.3, 0.4) is 0 Å². The van der Waals surface area contributed by atoms with Gasteiger partial charge in [0.15, 0.2) is 0 Å². The Labute approximate surface area is 126 Å². The van der Waals surface area contributed by atoms with E-state index in [1.54, 1.807) is 0 Å². The Balaban J connectivity index is 2.59. The van der Waals surface area contributed by atoms with Gasteiger partial charge in [-0.25, -0.2) is 8.78 Å². The van der Waals surface area contributed by atoms with Crippen LogP contribution in [0.2, 0.25) is 0 Å². The molecule has 106 valence electrons. The number of halogens is 3. The first-order chi connectivity index (χ1) is 9.54. The predicted molar refractivity (Wildman–Crippen MR) is 80.8 cm³/mol. The van der Waals surface area contributed by atoms with Crippen molar-refractivity contribution in [3.05, 3.63) is 69.2 Å².